The highest BCUT2D eigenvalue weighted by Gasteiger charge is 2.15. The Bertz CT molecular complexity index is 338. The summed E-state index contributed by atoms with van der Waals surface area (Å²) in [6.07, 6.45) is 0. The van der Waals surface area contributed by atoms with Gasteiger partial charge in [-0.1, -0.05) is 0 Å². The summed E-state index contributed by atoms with van der Waals surface area (Å²) in [5.41, 5.74) is 0.142. The van der Waals surface area contributed by atoms with Gasteiger partial charge in [0.2, 0.25) is 0 Å². The molecule has 0 spiro atoms. The van der Waals surface area contributed by atoms with Gasteiger partial charge in [-0.3, -0.25) is 0 Å². The van der Waals surface area contributed by atoms with Crippen molar-refractivity contribution in [2.75, 3.05) is 31.1 Å². The Balaban J connectivity index is 0.00000112. The average molecular weight is 250 g/mol. The number of anilines is 1. The summed E-state index contributed by atoms with van der Waals surface area (Å²) in [5.74, 6) is -0.956. The van der Waals surface area contributed by atoms with E-state index in [1.807, 2.05) is 0 Å². The average Bonchev–Trinajstić information content (AvgIpc) is 2.68. The van der Waals surface area contributed by atoms with Crippen LogP contribution < -0.4 is 10.2 Å². The minimum absolute atomic E-state index is 0. The number of hydrogen-bond acceptors (Lipinski definition) is 5. The molecule has 1 fully saturated rings. The summed E-state index contributed by atoms with van der Waals surface area (Å²) in [7, 11) is 0. The molecule has 1 aliphatic heterocycles. The lowest BCUT2D eigenvalue weighted by Crippen LogP contribution is -2.43. The second-order valence-corrected chi connectivity index (χ2v) is 3.89. The normalized spacial score (nSPS) is 15.9. The maximum absolute atomic E-state index is 10.6. The zero-order valence-electron chi connectivity index (χ0n) is 7.97. The van der Waals surface area contributed by atoms with E-state index in [0.717, 1.165) is 31.3 Å². The van der Waals surface area contributed by atoms with Crippen LogP contribution in [0.2, 0.25) is 0 Å². The molecule has 7 heteroatoms. The third-order valence-electron chi connectivity index (χ3n) is 2.10. The SMILES string of the molecule is Cl.O=C(O)c1csc(N2CCNCC2)n1. The Labute approximate surface area is 97.5 Å². The molecule has 2 rings (SSSR count). The van der Waals surface area contributed by atoms with Crippen LogP contribution in [-0.4, -0.2) is 42.2 Å². The van der Waals surface area contributed by atoms with Crippen LogP contribution in [0.15, 0.2) is 5.38 Å². The summed E-state index contributed by atoms with van der Waals surface area (Å²) in [5, 5.41) is 14.3. The number of carboxylic acid groups (broad SMARTS) is 1. The van der Waals surface area contributed by atoms with E-state index in [1.165, 1.54) is 11.3 Å². The number of carboxylic acids is 1. The van der Waals surface area contributed by atoms with Crippen LogP contribution in [0.3, 0.4) is 0 Å². The zero-order chi connectivity index (χ0) is 9.97. The number of hydrogen-bond donors (Lipinski definition) is 2. The topological polar surface area (TPSA) is 65.5 Å². The first-order valence-corrected chi connectivity index (χ1v) is 5.30. The number of carbonyl (C=O) groups is 1. The van der Waals surface area contributed by atoms with Crippen LogP contribution in [0.4, 0.5) is 5.13 Å². The molecule has 0 aromatic carbocycles. The van der Waals surface area contributed by atoms with Crippen LogP contribution in [0.25, 0.3) is 0 Å². The van der Waals surface area contributed by atoms with Gasteiger partial charge in [0.15, 0.2) is 10.8 Å². The van der Waals surface area contributed by atoms with Crippen molar-refractivity contribution < 1.29 is 9.90 Å². The number of halogens is 1. The molecule has 84 valence electrons. The number of rotatable bonds is 2. The summed E-state index contributed by atoms with van der Waals surface area (Å²) in [6, 6.07) is 0. The van der Waals surface area contributed by atoms with E-state index in [2.05, 4.69) is 15.2 Å². The fourth-order valence-corrected chi connectivity index (χ4v) is 2.22. The number of nitrogens with one attached hydrogen (secondary N) is 1. The van der Waals surface area contributed by atoms with Crippen LogP contribution >= 0.6 is 23.7 Å². The lowest BCUT2D eigenvalue weighted by Gasteiger charge is -2.26. The molecule has 1 aromatic heterocycles. The molecule has 0 amide bonds. The van der Waals surface area contributed by atoms with Crippen LogP contribution in [0.5, 0.6) is 0 Å². The molecule has 0 radical (unpaired) electrons. The minimum atomic E-state index is -0.956. The van der Waals surface area contributed by atoms with Crippen molar-refractivity contribution in [3.63, 3.8) is 0 Å². The lowest BCUT2D eigenvalue weighted by molar-refractivity contribution is 0.0691. The summed E-state index contributed by atoms with van der Waals surface area (Å²) in [6.45, 7) is 3.66. The van der Waals surface area contributed by atoms with Crippen molar-refractivity contribution >= 4 is 34.8 Å². The number of aromatic carboxylic acids is 1. The first-order valence-electron chi connectivity index (χ1n) is 4.42. The summed E-state index contributed by atoms with van der Waals surface area (Å²) >= 11 is 1.39. The molecule has 0 saturated carbocycles. The maximum atomic E-state index is 10.6. The number of thiazole rings is 1. The number of piperazine rings is 1. The molecule has 1 aliphatic rings. The number of aromatic nitrogens is 1. The lowest BCUT2D eigenvalue weighted by atomic mass is 10.4. The second kappa shape index (κ2) is 5.29. The van der Waals surface area contributed by atoms with Crippen molar-refractivity contribution in [2.24, 2.45) is 0 Å². The fraction of sp³-hybridized carbons (Fsp3) is 0.500. The Morgan fingerprint density at radius 2 is 2.20 bits per heavy atom. The smallest absolute Gasteiger partial charge is 0.355 e. The van der Waals surface area contributed by atoms with E-state index < -0.39 is 5.97 Å². The van der Waals surface area contributed by atoms with Crippen molar-refractivity contribution in [3.8, 4) is 0 Å². The van der Waals surface area contributed by atoms with E-state index in [0.29, 0.717) is 0 Å². The fourth-order valence-electron chi connectivity index (χ4n) is 1.36. The van der Waals surface area contributed by atoms with Gasteiger partial charge in [-0.2, -0.15) is 0 Å². The maximum Gasteiger partial charge on any atom is 0.355 e. The molecule has 5 nitrogen and oxygen atoms in total. The van der Waals surface area contributed by atoms with Gasteiger partial charge >= 0.3 is 5.97 Å². The van der Waals surface area contributed by atoms with Crippen molar-refractivity contribution in [2.45, 2.75) is 0 Å². The third kappa shape index (κ3) is 2.80. The highest BCUT2D eigenvalue weighted by Crippen LogP contribution is 2.20. The summed E-state index contributed by atoms with van der Waals surface area (Å²) in [4.78, 5) is 16.8. The highest BCUT2D eigenvalue weighted by atomic mass is 35.5. The molecule has 0 atom stereocenters. The monoisotopic (exact) mass is 249 g/mol. The molecule has 0 aliphatic carbocycles. The molecular weight excluding hydrogens is 238 g/mol. The van der Waals surface area contributed by atoms with Gasteiger partial charge in [-0.15, -0.1) is 23.7 Å². The first-order chi connectivity index (χ1) is 6.77. The predicted molar refractivity (Wildman–Crippen MR) is 61.4 cm³/mol. The Hall–Kier alpha value is -0.850. The molecule has 15 heavy (non-hydrogen) atoms. The van der Waals surface area contributed by atoms with Gasteiger partial charge in [-0.05, 0) is 0 Å². The third-order valence-corrected chi connectivity index (χ3v) is 3.00. The molecule has 1 saturated heterocycles. The van der Waals surface area contributed by atoms with E-state index in [-0.39, 0.29) is 18.1 Å². The van der Waals surface area contributed by atoms with Crippen LogP contribution in [0, 0.1) is 0 Å². The molecule has 1 aromatic rings. The van der Waals surface area contributed by atoms with E-state index in [1.54, 1.807) is 5.38 Å². The Kier molecular flexibility index (Phi) is 4.31. The van der Waals surface area contributed by atoms with Gasteiger partial charge < -0.3 is 15.3 Å². The van der Waals surface area contributed by atoms with Gasteiger partial charge in [0.25, 0.3) is 0 Å². The Morgan fingerprint density at radius 3 is 2.73 bits per heavy atom. The van der Waals surface area contributed by atoms with E-state index in [4.69, 9.17) is 5.11 Å². The molecular formula is C8H12ClN3O2S. The standard InChI is InChI=1S/C8H11N3O2S.ClH/c12-7(13)6-5-14-8(10-6)11-3-1-9-2-4-11;/h5,9H,1-4H2,(H,12,13);1H. The summed E-state index contributed by atoms with van der Waals surface area (Å²) < 4.78 is 0. The molecule has 2 N–H and O–H groups in total. The molecule has 0 unspecified atom stereocenters. The van der Waals surface area contributed by atoms with Gasteiger partial charge in [0.05, 0.1) is 0 Å². The molecule has 0 bridgehead atoms. The van der Waals surface area contributed by atoms with Gasteiger partial charge in [0, 0.05) is 31.6 Å². The van der Waals surface area contributed by atoms with Crippen molar-refractivity contribution in [1.82, 2.24) is 10.3 Å². The quantitative estimate of drug-likeness (QED) is 0.807. The number of nitrogens with zero attached hydrogens (tertiary/aromatic N) is 2. The molecule has 2 heterocycles. The van der Waals surface area contributed by atoms with E-state index >= 15 is 0 Å². The van der Waals surface area contributed by atoms with E-state index in [9.17, 15) is 4.79 Å². The zero-order valence-corrected chi connectivity index (χ0v) is 9.61. The largest absolute Gasteiger partial charge is 0.476 e. The van der Waals surface area contributed by atoms with Gasteiger partial charge in [-0.25, -0.2) is 9.78 Å². The second-order valence-electron chi connectivity index (χ2n) is 3.06. The first kappa shape index (κ1) is 12.2. The Morgan fingerprint density at radius 1 is 1.53 bits per heavy atom. The highest BCUT2D eigenvalue weighted by molar-refractivity contribution is 7.13. The van der Waals surface area contributed by atoms with Gasteiger partial charge in [0.1, 0.15) is 0 Å². The van der Waals surface area contributed by atoms with Crippen molar-refractivity contribution in [3.05, 3.63) is 11.1 Å². The van der Waals surface area contributed by atoms with Crippen LogP contribution in [0.1, 0.15) is 10.5 Å². The van der Waals surface area contributed by atoms with Crippen molar-refractivity contribution in [1.29, 1.82) is 0 Å². The predicted octanol–water partition coefficient (Wildman–Crippen LogP) is 0.673. The van der Waals surface area contributed by atoms with Crippen LogP contribution in [-0.2, 0) is 0 Å². The minimum Gasteiger partial charge on any atom is -0.476 e.